The van der Waals surface area contributed by atoms with E-state index in [9.17, 15) is 18.0 Å². The van der Waals surface area contributed by atoms with Gasteiger partial charge in [0, 0.05) is 0 Å². The molecule has 0 aromatic heterocycles. The van der Waals surface area contributed by atoms with Crippen molar-refractivity contribution < 1.29 is 23.1 Å². The first-order chi connectivity index (χ1) is 7.84. The third-order valence-corrected chi connectivity index (χ3v) is 2.39. The maximum atomic E-state index is 12.5. The standard InChI is InChI=1S/C12H13F3O2/c1-2-3-8-6-10(12(13,14)15)5-4-9(8)7-11(16)17/h4-6H,2-3,7H2,1H3,(H,16,17). The molecule has 1 rings (SSSR count). The van der Waals surface area contributed by atoms with Crippen molar-refractivity contribution in [2.75, 3.05) is 0 Å². The zero-order chi connectivity index (χ0) is 13.1. The van der Waals surface area contributed by atoms with Crippen LogP contribution in [0.1, 0.15) is 30.0 Å². The SMILES string of the molecule is CCCc1cc(C(F)(F)F)ccc1CC(=O)O. The van der Waals surface area contributed by atoms with Gasteiger partial charge in [0.2, 0.25) is 0 Å². The van der Waals surface area contributed by atoms with Crippen LogP contribution in [0.15, 0.2) is 18.2 Å². The third-order valence-electron chi connectivity index (χ3n) is 2.39. The van der Waals surface area contributed by atoms with Gasteiger partial charge in [0.05, 0.1) is 12.0 Å². The zero-order valence-electron chi connectivity index (χ0n) is 9.34. The van der Waals surface area contributed by atoms with Crippen LogP contribution >= 0.6 is 0 Å². The predicted molar refractivity (Wildman–Crippen MR) is 56.8 cm³/mol. The first-order valence-electron chi connectivity index (χ1n) is 5.25. The molecule has 17 heavy (non-hydrogen) atoms. The summed E-state index contributed by atoms with van der Waals surface area (Å²) in [7, 11) is 0. The van der Waals surface area contributed by atoms with Crippen LogP contribution in [0.5, 0.6) is 0 Å². The summed E-state index contributed by atoms with van der Waals surface area (Å²) in [5.74, 6) is -1.04. The monoisotopic (exact) mass is 246 g/mol. The Bertz CT molecular complexity index is 411. The summed E-state index contributed by atoms with van der Waals surface area (Å²) < 4.78 is 37.5. The largest absolute Gasteiger partial charge is 0.481 e. The van der Waals surface area contributed by atoms with E-state index in [0.29, 0.717) is 24.0 Å². The second-order valence-electron chi connectivity index (χ2n) is 3.80. The number of alkyl halides is 3. The lowest BCUT2D eigenvalue weighted by Gasteiger charge is -2.12. The van der Waals surface area contributed by atoms with Crippen molar-refractivity contribution in [2.45, 2.75) is 32.4 Å². The molecule has 1 aromatic carbocycles. The van der Waals surface area contributed by atoms with Gasteiger partial charge in [-0.1, -0.05) is 19.4 Å². The van der Waals surface area contributed by atoms with Crippen molar-refractivity contribution in [2.24, 2.45) is 0 Å². The minimum atomic E-state index is -4.38. The summed E-state index contributed by atoms with van der Waals surface area (Å²) in [5.41, 5.74) is 0.187. The highest BCUT2D eigenvalue weighted by Gasteiger charge is 2.30. The van der Waals surface area contributed by atoms with Gasteiger partial charge in [0.15, 0.2) is 0 Å². The van der Waals surface area contributed by atoms with Gasteiger partial charge < -0.3 is 5.11 Å². The molecule has 0 amide bonds. The van der Waals surface area contributed by atoms with E-state index in [0.717, 1.165) is 12.1 Å². The quantitative estimate of drug-likeness (QED) is 0.885. The van der Waals surface area contributed by atoms with Gasteiger partial charge in [-0.2, -0.15) is 13.2 Å². The minimum Gasteiger partial charge on any atom is -0.481 e. The Morgan fingerprint density at radius 3 is 2.41 bits per heavy atom. The molecule has 5 heteroatoms. The molecule has 0 atom stereocenters. The Labute approximate surface area is 97.1 Å². The second-order valence-corrected chi connectivity index (χ2v) is 3.80. The molecule has 0 heterocycles. The molecule has 0 saturated heterocycles. The van der Waals surface area contributed by atoms with Gasteiger partial charge in [-0.3, -0.25) is 4.79 Å². The minimum absolute atomic E-state index is 0.243. The summed E-state index contributed by atoms with van der Waals surface area (Å²) in [5, 5.41) is 8.67. The van der Waals surface area contributed by atoms with Crippen LogP contribution in [0.25, 0.3) is 0 Å². The molecule has 0 radical (unpaired) electrons. The summed E-state index contributed by atoms with van der Waals surface area (Å²) in [6.07, 6.45) is -3.50. The van der Waals surface area contributed by atoms with Crippen LogP contribution in [-0.4, -0.2) is 11.1 Å². The fraction of sp³-hybridized carbons (Fsp3) is 0.417. The molecule has 0 saturated carbocycles. The Morgan fingerprint density at radius 2 is 1.94 bits per heavy atom. The molecule has 0 aliphatic rings. The number of hydrogen-bond acceptors (Lipinski definition) is 1. The van der Waals surface area contributed by atoms with Gasteiger partial charge in [0.1, 0.15) is 0 Å². The molecular formula is C12H13F3O2. The van der Waals surface area contributed by atoms with E-state index in [-0.39, 0.29) is 6.42 Å². The Balaban J connectivity index is 3.12. The second kappa shape index (κ2) is 5.21. The number of carboxylic acids is 1. The smallest absolute Gasteiger partial charge is 0.416 e. The molecule has 0 bridgehead atoms. The van der Waals surface area contributed by atoms with Crippen molar-refractivity contribution in [1.82, 2.24) is 0 Å². The molecular weight excluding hydrogens is 233 g/mol. The van der Waals surface area contributed by atoms with Gasteiger partial charge in [0.25, 0.3) is 0 Å². The molecule has 0 spiro atoms. The van der Waals surface area contributed by atoms with Crippen LogP contribution < -0.4 is 0 Å². The predicted octanol–water partition coefficient (Wildman–Crippen LogP) is 3.29. The molecule has 0 aliphatic heterocycles. The fourth-order valence-corrected chi connectivity index (χ4v) is 1.64. The highest BCUT2D eigenvalue weighted by atomic mass is 19.4. The van der Waals surface area contributed by atoms with E-state index in [1.807, 2.05) is 6.92 Å². The van der Waals surface area contributed by atoms with E-state index in [1.165, 1.54) is 6.07 Å². The lowest BCUT2D eigenvalue weighted by atomic mass is 9.98. The number of carboxylic acid groups (broad SMARTS) is 1. The Hall–Kier alpha value is -1.52. The number of aryl methyl sites for hydroxylation is 1. The maximum absolute atomic E-state index is 12.5. The Morgan fingerprint density at radius 1 is 1.29 bits per heavy atom. The van der Waals surface area contributed by atoms with Gasteiger partial charge in [-0.25, -0.2) is 0 Å². The average Bonchev–Trinajstić information content (AvgIpc) is 2.18. The van der Waals surface area contributed by atoms with Crippen LogP contribution in [-0.2, 0) is 23.8 Å². The van der Waals surface area contributed by atoms with Crippen molar-refractivity contribution in [3.63, 3.8) is 0 Å². The first-order valence-corrected chi connectivity index (χ1v) is 5.25. The molecule has 94 valence electrons. The highest BCUT2D eigenvalue weighted by molar-refractivity contribution is 5.70. The fourth-order valence-electron chi connectivity index (χ4n) is 1.64. The van der Waals surface area contributed by atoms with Crippen molar-refractivity contribution >= 4 is 5.97 Å². The number of aliphatic carboxylic acids is 1. The maximum Gasteiger partial charge on any atom is 0.416 e. The third kappa shape index (κ3) is 3.76. The molecule has 0 aliphatic carbocycles. The first kappa shape index (κ1) is 13.5. The average molecular weight is 246 g/mol. The summed E-state index contributed by atoms with van der Waals surface area (Å²) in [6.45, 7) is 1.84. The normalized spacial score (nSPS) is 11.5. The molecule has 2 nitrogen and oxygen atoms in total. The number of hydrogen-bond donors (Lipinski definition) is 1. The van der Waals surface area contributed by atoms with Crippen LogP contribution in [0.2, 0.25) is 0 Å². The van der Waals surface area contributed by atoms with E-state index < -0.39 is 17.7 Å². The lowest BCUT2D eigenvalue weighted by Crippen LogP contribution is -2.09. The van der Waals surface area contributed by atoms with E-state index >= 15 is 0 Å². The molecule has 0 unspecified atom stereocenters. The molecule has 1 aromatic rings. The number of rotatable bonds is 4. The summed E-state index contributed by atoms with van der Waals surface area (Å²) in [6, 6.07) is 3.22. The zero-order valence-corrected chi connectivity index (χ0v) is 9.34. The van der Waals surface area contributed by atoms with Gasteiger partial charge in [-0.05, 0) is 29.7 Å². The number of halogens is 3. The van der Waals surface area contributed by atoms with Gasteiger partial charge in [-0.15, -0.1) is 0 Å². The lowest BCUT2D eigenvalue weighted by molar-refractivity contribution is -0.137. The summed E-state index contributed by atoms with van der Waals surface area (Å²) >= 11 is 0. The number of carbonyl (C=O) groups is 1. The van der Waals surface area contributed by atoms with E-state index in [4.69, 9.17) is 5.11 Å². The topological polar surface area (TPSA) is 37.3 Å². The van der Waals surface area contributed by atoms with Crippen LogP contribution in [0, 0.1) is 0 Å². The van der Waals surface area contributed by atoms with E-state index in [2.05, 4.69) is 0 Å². The highest BCUT2D eigenvalue weighted by Crippen LogP contribution is 2.31. The molecule has 1 N–H and O–H groups in total. The van der Waals surface area contributed by atoms with Gasteiger partial charge >= 0.3 is 12.1 Å². The van der Waals surface area contributed by atoms with Crippen molar-refractivity contribution in [3.05, 3.63) is 34.9 Å². The van der Waals surface area contributed by atoms with Crippen molar-refractivity contribution in [1.29, 1.82) is 0 Å². The van der Waals surface area contributed by atoms with Crippen molar-refractivity contribution in [3.8, 4) is 0 Å². The summed E-state index contributed by atoms with van der Waals surface area (Å²) in [4.78, 5) is 10.6. The molecule has 0 fully saturated rings. The van der Waals surface area contributed by atoms with E-state index in [1.54, 1.807) is 0 Å². The van der Waals surface area contributed by atoms with Crippen LogP contribution in [0.3, 0.4) is 0 Å². The Kier molecular flexibility index (Phi) is 4.15. The van der Waals surface area contributed by atoms with Crippen LogP contribution in [0.4, 0.5) is 13.2 Å². The number of benzene rings is 1.